The molecular formula is C22H17N5O3. The van der Waals surface area contributed by atoms with Gasteiger partial charge in [-0.2, -0.15) is 0 Å². The van der Waals surface area contributed by atoms with Crippen LogP contribution in [0, 0.1) is 0 Å². The Morgan fingerprint density at radius 1 is 0.900 bits per heavy atom. The molecule has 0 radical (unpaired) electrons. The molecule has 8 nitrogen and oxygen atoms in total. The molecule has 1 aliphatic heterocycles. The van der Waals surface area contributed by atoms with Crippen LogP contribution in [0.1, 0.15) is 10.4 Å². The number of carbonyl (C=O) groups excluding carboxylic acids is 1. The highest BCUT2D eigenvalue weighted by Gasteiger charge is 2.14. The Kier molecular flexibility index (Phi) is 4.57. The van der Waals surface area contributed by atoms with Crippen molar-refractivity contribution in [1.82, 2.24) is 20.2 Å². The Hall–Kier alpha value is -4.20. The van der Waals surface area contributed by atoms with E-state index in [4.69, 9.17) is 9.47 Å². The van der Waals surface area contributed by atoms with Crippen LogP contribution < -0.4 is 14.8 Å². The molecule has 0 fully saturated rings. The van der Waals surface area contributed by atoms with Crippen LogP contribution >= 0.6 is 0 Å². The maximum atomic E-state index is 12.8. The number of tetrazole rings is 1. The highest BCUT2D eigenvalue weighted by molar-refractivity contribution is 6.05. The Morgan fingerprint density at radius 2 is 1.73 bits per heavy atom. The van der Waals surface area contributed by atoms with Gasteiger partial charge in [0.25, 0.3) is 5.91 Å². The normalized spacial score (nSPS) is 12.4. The fourth-order valence-corrected chi connectivity index (χ4v) is 3.27. The number of rotatable bonds is 4. The topological polar surface area (TPSA) is 91.2 Å². The van der Waals surface area contributed by atoms with E-state index in [1.165, 1.54) is 11.0 Å². The van der Waals surface area contributed by atoms with Crippen LogP contribution in [-0.2, 0) is 0 Å². The van der Waals surface area contributed by atoms with Crippen molar-refractivity contribution in [3.8, 4) is 28.3 Å². The molecule has 3 aromatic carbocycles. The first-order valence-electron chi connectivity index (χ1n) is 9.41. The number of ether oxygens (including phenoxy) is 2. The largest absolute Gasteiger partial charge is 0.486 e. The zero-order valence-electron chi connectivity index (χ0n) is 15.9. The molecule has 4 aromatic rings. The number of hydrogen-bond acceptors (Lipinski definition) is 6. The van der Waals surface area contributed by atoms with Crippen molar-refractivity contribution in [3.63, 3.8) is 0 Å². The fraction of sp³-hybridized carbons (Fsp3) is 0.0909. The molecule has 1 aliphatic rings. The number of nitrogens with zero attached hydrogens (tertiary/aromatic N) is 4. The zero-order valence-corrected chi connectivity index (χ0v) is 15.9. The number of aromatic nitrogens is 4. The van der Waals surface area contributed by atoms with Gasteiger partial charge in [-0.3, -0.25) is 4.79 Å². The van der Waals surface area contributed by atoms with Gasteiger partial charge in [0.15, 0.2) is 11.5 Å². The lowest BCUT2D eigenvalue weighted by atomic mass is 10.0. The van der Waals surface area contributed by atoms with E-state index in [0.717, 1.165) is 22.6 Å². The van der Waals surface area contributed by atoms with E-state index in [1.807, 2.05) is 54.6 Å². The van der Waals surface area contributed by atoms with Crippen molar-refractivity contribution in [1.29, 1.82) is 0 Å². The number of nitrogens with one attached hydrogen (secondary N) is 1. The number of amides is 1. The SMILES string of the molecule is O=C(Nc1cccc(-n2cnnn2)c1)c1cccc(-c2ccc3c(c2)OCCO3)c1. The van der Waals surface area contributed by atoms with Gasteiger partial charge >= 0.3 is 0 Å². The molecule has 0 atom stereocenters. The fourth-order valence-electron chi connectivity index (χ4n) is 3.27. The van der Waals surface area contributed by atoms with Gasteiger partial charge in [-0.05, 0) is 64.0 Å². The summed E-state index contributed by atoms with van der Waals surface area (Å²) in [6.45, 7) is 1.08. The van der Waals surface area contributed by atoms with E-state index in [1.54, 1.807) is 12.1 Å². The Labute approximate surface area is 172 Å². The van der Waals surface area contributed by atoms with Crippen molar-refractivity contribution in [2.75, 3.05) is 18.5 Å². The lowest BCUT2D eigenvalue weighted by Crippen LogP contribution is -2.15. The monoisotopic (exact) mass is 399 g/mol. The van der Waals surface area contributed by atoms with Gasteiger partial charge in [-0.1, -0.05) is 24.3 Å². The van der Waals surface area contributed by atoms with Crippen molar-refractivity contribution < 1.29 is 14.3 Å². The van der Waals surface area contributed by atoms with E-state index < -0.39 is 0 Å². The summed E-state index contributed by atoms with van der Waals surface area (Å²) >= 11 is 0. The summed E-state index contributed by atoms with van der Waals surface area (Å²) in [5, 5.41) is 14.0. The van der Waals surface area contributed by atoms with Crippen LogP contribution in [0.25, 0.3) is 16.8 Å². The average Bonchev–Trinajstić information content (AvgIpc) is 3.34. The molecule has 0 aliphatic carbocycles. The van der Waals surface area contributed by atoms with Crippen LogP contribution in [0.5, 0.6) is 11.5 Å². The molecule has 148 valence electrons. The maximum absolute atomic E-state index is 12.8. The third-order valence-corrected chi connectivity index (χ3v) is 4.72. The standard InChI is InChI=1S/C22H17N5O3/c28-22(24-18-5-2-6-19(13-18)27-14-23-25-26-27)17-4-1-3-15(11-17)16-7-8-20-21(12-16)30-10-9-29-20/h1-8,11-14H,9-10H2,(H,24,28). The summed E-state index contributed by atoms with van der Waals surface area (Å²) < 4.78 is 12.8. The second-order valence-corrected chi connectivity index (χ2v) is 6.70. The van der Waals surface area contributed by atoms with Gasteiger partial charge < -0.3 is 14.8 Å². The zero-order chi connectivity index (χ0) is 20.3. The number of anilines is 1. The number of carbonyl (C=O) groups is 1. The minimum atomic E-state index is -0.205. The Morgan fingerprint density at radius 3 is 2.60 bits per heavy atom. The number of fused-ring (bicyclic) bond motifs is 1. The smallest absolute Gasteiger partial charge is 0.255 e. The molecule has 1 aromatic heterocycles. The van der Waals surface area contributed by atoms with Crippen molar-refractivity contribution in [2.45, 2.75) is 0 Å². The van der Waals surface area contributed by atoms with Crippen LogP contribution in [0.2, 0.25) is 0 Å². The average molecular weight is 399 g/mol. The lowest BCUT2D eigenvalue weighted by molar-refractivity contribution is 0.102. The predicted octanol–water partition coefficient (Wildman–Crippen LogP) is 3.35. The van der Waals surface area contributed by atoms with Gasteiger partial charge in [0.1, 0.15) is 19.5 Å². The van der Waals surface area contributed by atoms with E-state index >= 15 is 0 Å². The van der Waals surface area contributed by atoms with Gasteiger partial charge in [-0.25, -0.2) is 4.68 Å². The van der Waals surface area contributed by atoms with Gasteiger partial charge in [-0.15, -0.1) is 5.10 Å². The summed E-state index contributed by atoms with van der Waals surface area (Å²) in [6, 6.07) is 20.5. The van der Waals surface area contributed by atoms with Gasteiger partial charge in [0, 0.05) is 11.3 Å². The first-order chi connectivity index (χ1) is 14.8. The molecule has 0 saturated carbocycles. The van der Waals surface area contributed by atoms with E-state index in [9.17, 15) is 4.79 Å². The van der Waals surface area contributed by atoms with Crippen molar-refractivity contribution in [3.05, 3.63) is 78.6 Å². The summed E-state index contributed by atoms with van der Waals surface area (Å²) in [7, 11) is 0. The summed E-state index contributed by atoms with van der Waals surface area (Å²) in [4.78, 5) is 12.8. The molecule has 1 N–H and O–H groups in total. The highest BCUT2D eigenvalue weighted by atomic mass is 16.6. The molecular weight excluding hydrogens is 382 g/mol. The second kappa shape index (κ2) is 7.67. The van der Waals surface area contributed by atoms with Crippen molar-refractivity contribution in [2.24, 2.45) is 0 Å². The quantitative estimate of drug-likeness (QED) is 0.566. The van der Waals surface area contributed by atoms with Crippen LogP contribution in [0.4, 0.5) is 5.69 Å². The number of hydrogen-bond donors (Lipinski definition) is 1. The molecule has 5 rings (SSSR count). The molecule has 2 heterocycles. The molecule has 0 bridgehead atoms. The van der Waals surface area contributed by atoms with Crippen LogP contribution in [0.3, 0.4) is 0 Å². The second-order valence-electron chi connectivity index (χ2n) is 6.70. The lowest BCUT2D eigenvalue weighted by Gasteiger charge is -2.19. The predicted molar refractivity (Wildman–Crippen MR) is 110 cm³/mol. The summed E-state index contributed by atoms with van der Waals surface area (Å²) in [5.74, 6) is 1.25. The molecule has 0 spiro atoms. The third kappa shape index (κ3) is 3.58. The minimum Gasteiger partial charge on any atom is -0.486 e. The Bertz CT molecular complexity index is 1210. The highest BCUT2D eigenvalue weighted by Crippen LogP contribution is 2.34. The third-order valence-electron chi connectivity index (χ3n) is 4.72. The molecule has 0 saturated heterocycles. The molecule has 0 unspecified atom stereocenters. The first-order valence-corrected chi connectivity index (χ1v) is 9.41. The van der Waals surface area contributed by atoms with Gasteiger partial charge in [0.05, 0.1) is 5.69 Å². The van der Waals surface area contributed by atoms with E-state index in [-0.39, 0.29) is 5.91 Å². The number of benzene rings is 3. The van der Waals surface area contributed by atoms with Crippen LogP contribution in [-0.4, -0.2) is 39.3 Å². The van der Waals surface area contributed by atoms with E-state index in [2.05, 4.69) is 20.8 Å². The van der Waals surface area contributed by atoms with Gasteiger partial charge in [0.2, 0.25) is 0 Å². The summed E-state index contributed by atoms with van der Waals surface area (Å²) in [6.07, 6.45) is 1.50. The van der Waals surface area contributed by atoms with E-state index in [0.29, 0.717) is 30.2 Å². The maximum Gasteiger partial charge on any atom is 0.255 e. The first kappa shape index (κ1) is 17.9. The molecule has 8 heteroatoms. The molecule has 30 heavy (non-hydrogen) atoms. The minimum absolute atomic E-state index is 0.205. The van der Waals surface area contributed by atoms with Crippen LogP contribution in [0.15, 0.2) is 73.1 Å². The van der Waals surface area contributed by atoms with Crippen molar-refractivity contribution >= 4 is 11.6 Å². The Balaban J connectivity index is 1.38. The molecule has 1 amide bonds. The summed E-state index contributed by atoms with van der Waals surface area (Å²) in [5.41, 5.74) is 3.83.